The monoisotopic (exact) mass is 894 g/mol. The third-order valence-electron chi connectivity index (χ3n) is 13.9. The van der Waals surface area contributed by atoms with Gasteiger partial charge in [0, 0.05) is 49.4 Å². The van der Waals surface area contributed by atoms with Gasteiger partial charge in [-0.2, -0.15) is 0 Å². The van der Waals surface area contributed by atoms with Gasteiger partial charge in [0.1, 0.15) is 0 Å². The summed E-state index contributed by atoms with van der Waals surface area (Å²) in [5.41, 5.74) is 20.7. The van der Waals surface area contributed by atoms with Gasteiger partial charge in [-0.3, -0.25) is 0 Å². The fourth-order valence-corrected chi connectivity index (χ4v) is 10.6. The maximum absolute atomic E-state index is 5.49. The summed E-state index contributed by atoms with van der Waals surface area (Å²) in [6.07, 6.45) is 0. The number of aromatic nitrogens is 4. The summed E-state index contributed by atoms with van der Waals surface area (Å²) in [5, 5.41) is 4.79. The topological polar surface area (TPSA) is 35.6 Å². The minimum atomic E-state index is 0.652. The Balaban J connectivity index is 1.12. The summed E-state index contributed by atoms with van der Waals surface area (Å²) < 4.78 is 4.91. The molecule has 10 aromatic carbocycles. The van der Waals surface area contributed by atoms with E-state index in [0.29, 0.717) is 5.82 Å². The van der Waals surface area contributed by atoms with E-state index >= 15 is 0 Å². The van der Waals surface area contributed by atoms with E-state index in [0.717, 1.165) is 72.6 Å². The highest BCUT2D eigenvalue weighted by Crippen LogP contribution is 2.46. The number of nitrogens with zero attached hydrogens (tertiary/aromatic N) is 4. The first-order chi connectivity index (χ1) is 34.5. The zero-order valence-electron chi connectivity index (χ0n) is 38.9. The lowest BCUT2D eigenvalue weighted by Crippen LogP contribution is -2.04. The van der Waals surface area contributed by atoms with Crippen LogP contribution in [0.2, 0.25) is 0 Å². The van der Waals surface area contributed by atoms with Crippen LogP contribution in [0.3, 0.4) is 0 Å². The minimum absolute atomic E-state index is 0.652. The van der Waals surface area contributed by atoms with E-state index in [9.17, 15) is 0 Å². The van der Waals surface area contributed by atoms with Crippen molar-refractivity contribution in [2.75, 3.05) is 0 Å². The van der Waals surface area contributed by atoms with Crippen LogP contribution in [0.25, 0.3) is 122 Å². The summed E-state index contributed by atoms with van der Waals surface area (Å²) in [7, 11) is 0. The number of fused-ring (bicyclic) bond motifs is 6. The van der Waals surface area contributed by atoms with Crippen LogP contribution < -0.4 is 0 Å². The molecule has 0 bridgehead atoms. The van der Waals surface area contributed by atoms with Gasteiger partial charge >= 0.3 is 0 Å². The van der Waals surface area contributed by atoms with E-state index in [1.807, 2.05) is 0 Å². The molecule has 0 radical (unpaired) electrons. The van der Waals surface area contributed by atoms with Gasteiger partial charge in [-0.05, 0) is 90.7 Å². The second kappa shape index (κ2) is 16.9. The molecule has 0 unspecified atom stereocenters. The van der Waals surface area contributed by atoms with E-state index in [4.69, 9.17) is 9.97 Å². The van der Waals surface area contributed by atoms with Gasteiger partial charge in [-0.15, -0.1) is 0 Å². The van der Waals surface area contributed by atoms with Gasteiger partial charge in [0.05, 0.1) is 44.8 Å². The Morgan fingerprint density at radius 2 is 0.700 bits per heavy atom. The van der Waals surface area contributed by atoms with Crippen molar-refractivity contribution in [3.05, 3.63) is 254 Å². The highest BCUT2D eigenvalue weighted by atomic mass is 15.0. The maximum atomic E-state index is 5.49. The van der Waals surface area contributed by atoms with Crippen molar-refractivity contribution in [2.24, 2.45) is 0 Å². The summed E-state index contributed by atoms with van der Waals surface area (Å²) in [6, 6.07) is 87.6. The van der Waals surface area contributed by atoms with Crippen LogP contribution >= 0.6 is 0 Å². The average molecular weight is 895 g/mol. The molecule has 0 aliphatic carbocycles. The average Bonchev–Trinajstić information content (AvgIpc) is 3.93. The fraction of sp³-hybridized carbons (Fsp3) is 0.0303. The summed E-state index contributed by atoms with van der Waals surface area (Å²) in [6.45, 7) is 4.31. The second-order valence-electron chi connectivity index (χ2n) is 18.3. The lowest BCUT2D eigenvalue weighted by atomic mass is 9.94. The molecule has 4 heteroatoms. The Morgan fingerprint density at radius 1 is 0.286 bits per heavy atom. The van der Waals surface area contributed by atoms with E-state index < -0.39 is 0 Å². The standard InChI is InChI=1S/C66H46N4/c1-43-18-15-24-47(38-43)49-34-36-62-55(40-49)51-26-9-12-30-59(51)69(62)61-32-14-11-28-53(61)65-54(66-67-57(45-20-5-3-6-21-45)42-58(68-66)46-22-7-4-8-23-46)29-17-33-64(65)70-60-31-13-10-27-52(60)56-41-50(35-37-63(56)70)48-25-16-19-44(2)39-48/h3-42H,1-2H3. The first kappa shape index (κ1) is 41.1. The van der Waals surface area contributed by atoms with Gasteiger partial charge < -0.3 is 9.13 Å². The molecular formula is C66H46N4. The van der Waals surface area contributed by atoms with Gasteiger partial charge in [-0.25, -0.2) is 9.97 Å². The number of aryl methyl sites for hydroxylation is 2. The van der Waals surface area contributed by atoms with Gasteiger partial charge in [0.15, 0.2) is 5.82 Å². The molecule has 0 aliphatic heterocycles. The minimum Gasteiger partial charge on any atom is -0.309 e. The first-order valence-electron chi connectivity index (χ1n) is 24.0. The van der Waals surface area contributed by atoms with Crippen LogP contribution in [0.1, 0.15) is 11.1 Å². The zero-order chi connectivity index (χ0) is 46.7. The van der Waals surface area contributed by atoms with E-state index in [1.54, 1.807) is 0 Å². The lowest BCUT2D eigenvalue weighted by Gasteiger charge is -2.21. The quantitative estimate of drug-likeness (QED) is 0.152. The van der Waals surface area contributed by atoms with E-state index in [-0.39, 0.29) is 0 Å². The van der Waals surface area contributed by atoms with E-state index in [2.05, 4.69) is 266 Å². The number of hydrogen-bond donors (Lipinski definition) is 0. The van der Waals surface area contributed by atoms with Crippen molar-refractivity contribution >= 4 is 43.6 Å². The second-order valence-corrected chi connectivity index (χ2v) is 18.3. The highest BCUT2D eigenvalue weighted by molar-refractivity contribution is 6.13. The molecule has 0 saturated carbocycles. The molecule has 0 fully saturated rings. The van der Waals surface area contributed by atoms with Gasteiger partial charge in [-0.1, -0.05) is 199 Å². The SMILES string of the molecule is Cc1cccc(-c2ccc3c(c2)c2ccccc2n3-c2ccccc2-c2c(-c3nc(-c4ccccc4)cc(-c4ccccc4)n3)cccc2-n2c3ccccc3c3cc(-c4cccc(C)c4)ccc32)c1. The molecule has 13 rings (SSSR count). The molecule has 0 N–H and O–H groups in total. The Labute approximate surface area is 407 Å². The Morgan fingerprint density at radius 3 is 1.26 bits per heavy atom. The molecule has 0 aliphatic rings. The molecule has 3 aromatic heterocycles. The van der Waals surface area contributed by atoms with Crippen LogP contribution in [0.15, 0.2) is 243 Å². The number of para-hydroxylation sites is 3. The summed E-state index contributed by atoms with van der Waals surface area (Å²) in [5.74, 6) is 0.652. The molecule has 13 aromatic rings. The normalized spacial score (nSPS) is 11.6. The smallest absolute Gasteiger partial charge is 0.161 e. The Bertz CT molecular complexity index is 4080. The van der Waals surface area contributed by atoms with Gasteiger partial charge in [0.25, 0.3) is 0 Å². The van der Waals surface area contributed by atoms with Gasteiger partial charge in [0.2, 0.25) is 0 Å². The lowest BCUT2D eigenvalue weighted by molar-refractivity contribution is 1.15. The number of rotatable bonds is 8. The van der Waals surface area contributed by atoms with Crippen LogP contribution in [-0.4, -0.2) is 19.1 Å². The third kappa shape index (κ3) is 7.00. The first-order valence-corrected chi connectivity index (χ1v) is 24.0. The Hall–Kier alpha value is -9.12. The molecule has 3 heterocycles. The number of hydrogen-bond acceptors (Lipinski definition) is 2. The van der Waals surface area contributed by atoms with Crippen LogP contribution in [0, 0.1) is 13.8 Å². The van der Waals surface area contributed by atoms with Crippen molar-refractivity contribution in [2.45, 2.75) is 13.8 Å². The molecule has 0 saturated heterocycles. The highest BCUT2D eigenvalue weighted by Gasteiger charge is 2.25. The molecule has 0 spiro atoms. The predicted octanol–water partition coefficient (Wildman–Crippen LogP) is 17.3. The molecule has 0 amide bonds. The third-order valence-corrected chi connectivity index (χ3v) is 13.9. The van der Waals surface area contributed by atoms with E-state index in [1.165, 1.54) is 54.9 Å². The number of benzene rings is 10. The summed E-state index contributed by atoms with van der Waals surface area (Å²) in [4.78, 5) is 11.0. The van der Waals surface area contributed by atoms with Crippen molar-refractivity contribution in [1.82, 2.24) is 19.1 Å². The fourth-order valence-electron chi connectivity index (χ4n) is 10.6. The molecular weight excluding hydrogens is 849 g/mol. The molecule has 70 heavy (non-hydrogen) atoms. The zero-order valence-corrected chi connectivity index (χ0v) is 38.9. The van der Waals surface area contributed by atoms with Crippen molar-refractivity contribution < 1.29 is 0 Å². The van der Waals surface area contributed by atoms with Crippen LogP contribution in [0.5, 0.6) is 0 Å². The van der Waals surface area contributed by atoms with Crippen molar-refractivity contribution in [3.63, 3.8) is 0 Å². The summed E-state index contributed by atoms with van der Waals surface area (Å²) >= 11 is 0. The van der Waals surface area contributed by atoms with Crippen LogP contribution in [0.4, 0.5) is 0 Å². The van der Waals surface area contributed by atoms with Crippen molar-refractivity contribution in [1.29, 1.82) is 0 Å². The van der Waals surface area contributed by atoms with Crippen molar-refractivity contribution in [3.8, 4) is 78.7 Å². The van der Waals surface area contributed by atoms with Crippen LogP contribution in [-0.2, 0) is 0 Å². The molecule has 330 valence electrons. The predicted molar refractivity (Wildman–Crippen MR) is 293 cm³/mol. The molecule has 4 nitrogen and oxygen atoms in total. The maximum Gasteiger partial charge on any atom is 0.161 e. The molecule has 0 atom stereocenters. The Kier molecular flexibility index (Phi) is 9.91. The largest absolute Gasteiger partial charge is 0.309 e.